The van der Waals surface area contributed by atoms with E-state index in [1.807, 2.05) is 59.5 Å². The number of carbonyl (C=O) groups excluding carboxylic acids is 2. The smallest absolute Gasteiger partial charge is 0.253 e. The minimum atomic E-state index is -0.0723. The number of carbonyl (C=O) groups is 2. The maximum absolute atomic E-state index is 12.9. The number of aromatic nitrogens is 1. The second-order valence-corrected chi connectivity index (χ2v) is 8.44. The fraction of sp³-hybridized carbons (Fsp3) is 0.261. The number of ketones is 1. The molecular weight excluding hydrogens is 384 g/mol. The molecule has 0 aliphatic carbocycles. The summed E-state index contributed by atoms with van der Waals surface area (Å²) in [6.07, 6.45) is 3.26. The van der Waals surface area contributed by atoms with Crippen molar-refractivity contribution in [2.24, 2.45) is 5.92 Å². The summed E-state index contributed by atoms with van der Waals surface area (Å²) in [6, 6.07) is 15.5. The highest BCUT2D eigenvalue weighted by Gasteiger charge is 2.31. The maximum atomic E-state index is 12.9. The van der Waals surface area contributed by atoms with Crippen LogP contribution in [0.5, 0.6) is 5.75 Å². The van der Waals surface area contributed by atoms with Crippen molar-refractivity contribution in [1.82, 2.24) is 9.88 Å². The SMILES string of the molecule is O=C(c1nc2ccccc2s1)C1CCN(C(=O)C2=Cc3ccccc3OC2)CC1. The second kappa shape index (κ2) is 7.44. The minimum Gasteiger partial charge on any atom is -0.488 e. The zero-order valence-corrected chi connectivity index (χ0v) is 16.7. The van der Waals surface area contributed by atoms with Crippen LogP contribution in [0.1, 0.15) is 28.2 Å². The molecule has 29 heavy (non-hydrogen) atoms. The van der Waals surface area contributed by atoms with Crippen LogP contribution in [0.15, 0.2) is 54.1 Å². The van der Waals surface area contributed by atoms with Gasteiger partial charge in [0.25, 0.3) is 5.91 Å². The van der Waals surface area contributed by atoms with Crippen molar-refractivity contribution in [1.29, 1.82) is 0 Å². The van der Waals surface area contributed by atoms with Gasteiger partial charge >= 0.3 is 0 Å². The van der Waals surface area contributed by atoms with Gasteiger partial charge < -0.3 is 9.64 Å². The molecule has 0 N–H and O–H groups in total. The molecule has 5 nitrogen and oxygen atoms in total. The third-order valence-corrected chi connectivity index (χ3v) is 6.62. The number of hydrogen-bond acceptors (Lipinski definition) is 5. The lowest BCUT2D eigenvalue weighted by Gasteiger charge is -2.32. The lowest BCUT2D eigenvalue weighted by molar-refractivity contribution is -0.128. The molecule has 1 fully saturated rings. The summed E-state index contributed by atoms with van der Waals surface area (Å²) in [5.41, 5.74) is 2.47. The van der Waals surface area contributed by atoms with Gasteiger partial charge in [0.05, 0.1) is 15.8 Å². The molecule has 2 aliphatic rings. The van der Waals surface area contributed by atoms with Crippen LogP contribution in [0.3, 0.4) is 0 Å². The van der Waals surface area contributed by atoms with Crippen molar-refractivity contribution in [3.8, 4) is 5.75 Å². The molecule has 3 aromatic rings. The van der Waals surface area contributed by atoms with E-state index in [4.69, 9.17) is 4.74 Å². The molecular formula is C23H20N2O3S. The monoisotopic (exact) mass is 404 g/mol. The number of fused-ring (bicyclic) bond motifs is 2. The van der Waals surface area contributed by atoms with Crippen LogP contribution < -0.4 is 4.74 Å². The Morgan fingerprint density at radius 2 is 1.79 bits per heavy atom. The number of benzene rings is 2. The standard InChI is InChI=1S/C23H20N2O3S/c26-21(22-24-18-6-2-4-8-20(18)29-22)15-9-11-25(12-10-15)23(27)17-13-16-5-1-3-7-19(16)28-14-17/h1-8,13,15H,9-12,14H2. The number of amides is 1. The molecule has 2 aromatic carbocycles. The highest BCUT2D eigenvalue weighted by atomic mass is 32.1. The fourth-order valence-electron chi connectivity index (χ4n) is 3.94. The number of nitrogens with zero attached hydrogens (tertiary/aromatic N) is 2. The molecule has 0 radical (unpaired) electrons. The topological polar surface area (TPSA) is 59.5 Å². The number of likely N-dealkylation sites (tertiary alicyclic amines) is 1. The van der Waals surface area contributed by atoms with Gasteiger partial charge in [-0.15, -0.1) is 11.3 Å². The minimum absolute atomic E-state index is 0.00499. The van der Waals surface area contributed by atoms with Gasteiger partial charge in [-0.2, -0.15) is 0 Å². The summed E-state index contributed by atoms with van der Waals surface area (Å²) < 4.78 is 6.75. The van der Waals surface area contributed by atoms with Crippen molar-refractivity contribution < 1.29 is 14.3 Å². The van der Waals surface area contributed by atoms with Crippen molar-refractivity contribution in [2.75, 3.05) is 19.7 Å². The van der Waals surface area contributed by atoms with E-state index in [2.05, 4.69) is 4.98 Å². The summed E-state index contributed by atoms with van der Waals surface area (Å²) in [5.74, 6) is 0.846. The highest BCUT2D eigenvalue weighted by molar-refractivity contribution is 7.20. The molecule has 1 amide bonds. The third-order valence-electron chi connectivity index (χ3n) is 5.56. The van der Waals surface area contributed by atoms with Crippen molar-refractivity contribution in [2.45, 2.75) is 12.8 Å². The Morgan fingerprint density at radius 3 is 2.62 bits per heavy atom. The first-order chi connectivity index (χ1) is 14.2. The quantitative estimate of drug-likeness (QED) is 0.614. The van der Waals surface area contributed by atoms with E-state index in [0.717, 1.165) is 21.5 Å². The molecule has 6 heteroatoms. The molecule has 1 aromatic heterocycles. The number of ether oxygens (including phenoxy) is 1. The van der Waals surface area contributed by atoms with Crippen LogP contribution >= 0.6 is 11.3 Å². The molecule has 0 bridgehead atoms. The van der Waals surface area contributed by atoms with Gasteiger partial charge in [-0.05, 0) is 37.1 Å². The number of piperidine rings is 1. The number of thiazole rings is 1. The van der Waals surface area contributed by atoms with Gasteiger partial charge in [0.2, 0.25) is 0 Å². The van der Waals surface area contributed by atoms with E-state index in [0.29, 0.717) is 43.1 Å². The van der Waals surface area contributed by atoms with Crippen LogP contribution in [-0.2, 0) is 4.79 Å². The Labute approximate surface area is 172 Å². The molecule has 1 saturated heterocycles. The summed E-state index contributed by atoms with van der Waals surface area (Å²) in [5, 5.41) is 0.580. The predicted molar refractivity (Wildman–Crippen MR) is 113 cm³/mol. The van der Waals surface area contributed by atoms with Gasteiger partial charge in [0, 0.05) is 24.6 Å². The average Bonchev–Trinajstić information content (AvgIpc) is 3.22. The van der Waals surface area contributed by atoms with Crippen molar-refractivity contribution in [3.63, 3.8) is 0 Å². The molecule has 0 atom stereocenters. The van der Waals surface area contributed by atoms with E-state index in [9.17, 15) is 9.59 Å². The zero-order chi connectivity index (χ0) is 19.8. The third kappa shape index (κ3) is 3.44. The average molecular weight is 404 g/mol. The number of hydrogen-bond donors (Lipinski definition) is 0. The second-order valence-electron chi connectivity index (χ2n) is 7.41. The van der Waals surface area contributed by atoms with Crippen molar-refractivity contribution in [3.05, 3.63) is 64.7 Å². The summed E-state index contributed by atoms with van der Waals surface area (Å²) in [4.78, 5) is 32.1. The Hall–Kier alpha value is -2.99. The first-order valence-electron chi connectivity index (χ1n) is 9.80. The van der Waals surface area contributed by atoms with Crippen LogP contribution in [0.4, 0.5) is 0 Å². The van der Waals surface area contributed by atoms with Gasteiger partial charge in [-0.25, -0.2) is 4.98 Å². The molecule has 0 spiro atoms. The largest absolute Gasteiger partial charge is 0.488 e. The number of para-hydroxylation sites is 2. The molecule has 0 unspecified atom stereocenters. The van der Waals surface area contributed by atoms with E-state index >= 15 is 0 Å². The Balaban J connectivity index is 1.25. The van der Waals surface area contributed by atoms with Crippen molar-refractivity contribution >= 4 is 39.3 Å². The van der Waals surface area contributed by atoms with Gasteiger partial charge in [-0.1, -0.05) is 30.3 Å². The van der Waals surface area contributed by atoms with Gasteiger partial charge in [0.1, 0.15) is 12.4 Å². The van der Waals surface area contributed by atoms with E-state index in [1.165, 1.54) is 11.3 Å². The molecule has 3 heterocycles. The van der Waals surface area contributed by atoms with Crippen LogP contribution in [-0.4, -0.2) is 41.3 Å². The first kappa shape index (κ1) is 18.1. The summed E-state index contributed by atoms with van der Waals surface area (Å²) >= 11 is 1.46. The predicted octanol–water partition coefficient (Wildman–Crippen LogP) is 4.19. The lowest BCUT2D eigenvalue weighted by atomic mass is 9.92. The number of rotatable bonds is 3. The van der Waals surface area contributed by atoms with E-state index in [-0.39, 0.29) is 17.6 Å². The van der Waals surface area contributed by atoms with E-state index < -0.39 is 0 Å². The Bertz CT molecular complexity index is 1090. The zero-order valence-electron chi connectivity index (χ0n) is 15.8. The summed E-state index contributed by atoms with van der Waals surface area (Å²) in [6.45, 7) is 1.46. The van der Waals surface area contributed by atoms with Crippen LogP contribution in [0.2, 0.25) is 0 Å². The Kier molecular flexibility index (Phi) is 4.64. The molecule has 0 saturated carbocycles. The molecule has 5 rings (SSSR count). The highest BCUT2D eigenvalue weighted by Crippen LogP contribution is 2.30. The first-order valence-corrected chi connectivity index (χ1v) is 10.6. The van der Waals surface area contributed by atoms with Gasteiger partial charge in [0.15, 0.2) is 10.8 Å². The Morgan fingerprint density at radius 1 is 1.03 bits per heavy atom. The van der Waals surface area contributed by atoms with E-state index in [1.54, 1.807) is 0 Å². The maximum Gasteiger partial charge on any atom is 0.253 e. The fourth-order valence-corrected chi connectivity index (χ4v) is 4.92. The summed E-state index contributed by atoms with van der Waals surface area (Å²) in [7, 11) is 0. The molecule has 2 aliphatic heterocycles. The van der Waals surface area contributed by atoms with Crippen LogP contribution in [0, 0.1) is 5.92 Å². The van der Waals surface area contributed by atoms with Gasteiger partial charge in [-0.3, -0.25) is 9.59 Å². The number of Topliss-reactive ketones (excluding diaryl/α,β-unsaturated/α-hetero) is 1. The molecule has 146 valence electrons. The normalized spacial score (nSPS) is 16.8. The lowest BCUT2D eigenvalue weighted by Crippen LogP contribution is -2.41. The van der Waals surface area contributed by atoms with Crippen LogP contribution in [0.25, 0.3) is 16.3 Å².